The van der Waals surface area contributed by atoms with E-state index in [9.17, 15) is 0 Å². The van der Waals surface area contributed by atoms with Gasteiger partial charge in [-0.1, -0.05) is 20.8 Å². The van der Waals surface area contributed by atoms with Gasteiger partial charge in [-0.05, 0) is 50.2 Å². The Morgan fingerprint density at radius 3 is 2.12 bits per heavy atom. The summed E-state index contributed by atoms with van der Waals surface area (Å²) in [6, 6.07) is 4.91. The number of hydrogen-bond acceptors (Lipinski definition) is 2. The van der Waals surface area contributed by atoms with Crippen molar-refractivity contribution >= 4 is 11.3 Å². The number of thiophene rings is 1. The van der Waals surface area contributed by atoms with Crippen molar-refractivity contribution < 1.29 is 0 Å². The molecular weight excluding hydrogens is 214 g/mol. The molecule has 0 spiro atoms. The molecule has 0 aliphatic rings. The van der Waals surface area contributed by atoms with Crippen LogP contribution in [0.2, 0.25) is 0 Å². The largest absolute Gasteiger partial charge is 0.328 e. The highest BCUT2D eigenvalue weighted by Gasteiger charge is 2.09. The van der Waals surface area contributed by atoms with E-state index in [1.165, 1.54) is 22.6 Å². The predicted octanol–water partition coefficient (Wildman–Crippen LogP) is 3.86. The van der Waals surface area contributed by atoms with Crippen LogP contribution in [0.4, 0.5) is 0 Å². The van der Waals surface area contributed by atoms with Crippen LogP contribution in [0.1, 0.15) is 43.9 Å². The van der Waals surface area contributed by atoms with Gasteiger partial charge in [0.1, 0.15) is 0 Å². The predicted molar refractivity (Wildman–Crippen MR) is 74.0 cm³/mol. The smallest absolute Gasteiger partial charge is 0.00508 e. The van der Waals surface area contributed by atoms with Crippen molar-refractivity contribution in [3.05, 3.63) is 21.9 Å². The van der Waals surface area contributed by atoms with Gasteiger partial charge in [-0.15, -0.1) is 11.3 Å². The molecule has 2 unspecified atom stereocenters. The van der Waals surface area contributed by atoms with Gasteiger partial charge < -0.3 is 5.73 Å². The fourth-order valence-corrected chi connectivity index (χ4v) is 3.50. The monoisotopic (exact) mass is 239 g/mol. The first-order chi connectivity index (χ1) is 7.47. The number of hydrogen-bond donors (Lipinski definition) is 1. The van der Waals surface area contributed by atoms with Gasteiger partial charge >= 0.3 is 0 Å². The average molecular weight is 239 g/mol. The van der Waals surface area contributed by atoms with Crippen molar-refractivity contribution in [2.75, 3.05) is 0 Å². The molecular formula is C14H25NS. The lowest BCUT2D eigenvalue weighted by Crippen LogP contribution is -2.19. The first kappa shape index (κ1) is 13.7. The second-order valence-corrected chi connectivity index (χ2v) is 6.74. The summed E-state index contributed by atoms with van der Waals surface area (Å²) in [5, 5.41) is 0. The molecule has 1 heterocycles. The summed E-state index contributed by atoms with van der Waals surface area (Å²) in [6.45, 7) is 8.94. The van der Waals surface area contributed by atoms with E-state index in [1.807, 2.05) is 11.3 Å². The highest BCUT2D eigenvalue weighted by Crippen LogP contribution is 2.23. The molecule has 1 nitrogen and oxygen atoms in total. The number of nitrogens with two attached hydrogens (primary N) is 1. The lowest BCUT2D eigenvalue weighted by atomic mass is 9.99. The zero-order valence-electron chi connectivity index (χ0n) is 11.0. The van der Waals surface area contributed by atoms with Crippen molar-refractivity contribution in [2.45, 2.75) is 53.0 Å². The Bertz CT molecular complexity index is 301. The zero-order valence-corrected chi connectivity index (χ0v) is 11.8. The standard InChI is InChI=1S/C14H25NS/c1-10(2)7-13-5-6-14(16-13)9-11(3)8-12(4)15/h5-6,10-12H,7-9,15H2,1-4H3. The molecule has 2 N–H and O–H groups in total. The summed E-state index contributed by atoms with van der Waals surface area (Å²) in [5.74, 6) is 1.46. The number of rotatable bonds is 6. The van der Waals surface area contributed by atoms with Gasteiger partial charge in [0.25, 0.3) is 0 Å². The molecule has 0 amide bonds. The quantitative estimate of drug-likeness (QED) is 0.801. The molecule has 1 rings (SSSR count). The van der Waals surface area contributed by atoms with Crippen LogP contribution in [0, 0.1) is 11.8 Å². The van der Waals surface area contributed by atoms with E-state index in [0.29, 0.717) is 12.0 Å². The molecule has 0 aliphatic carbocycles. The van der Waals surface area contributed by atoms with Crippen LogP contribution in [0.15, 0.2) is 12.1 Å². The summed E-state index contributed by atoms with van der Waals surface area (Å²) >= 11 is 1.98. The van der Waals surface area contributed by atoms with Gasteiger partial charge in [0.05, 0.1) is 0 Å². The molecule has 1 aromatic heterocycles. The maximum atomic E-state index is 5.82. The molecule has 16 heavy (non-hydrogen) atoms. The summed E-state index contributed by atoms with van der Waals surface area (Å²) in [5.41, 5.74) is 5.82. The van der Waals surface area contributed by atoms with Crippen molar-refractivity contribution in [1.82, 2.24) is 0 Å². The summed E-state index contributed by atoms with van der Waals surface area (Å²) in [6.07, 6.45) is 3.52. The van der Waals surface area contributed by atoms with Gasteiger partial charge in [0, 0.05) is 15.8 Å². The lowest BCUT2D eigenvalue weighted by molar-refractivity contribution is 0.482. The van der Waals surface area contributed by atoms with Gasteiger partial charge in [-0.2, -0.15) is 0 Å². The van der Waals surface area contributed by atoms with E-state index >= 15 is 0 Å². The Hall–Kier alpha value is -0.340. The summed E-state index contributed by atoms with van der Waals surface area (Å²) in [4.78, 5) is 3.04. The van der Waals surface area contributed by atoms with Crippen LogP contribution in [-0.4, -0.2) is 6.04 Å². The third-order valence-corrected chi connectivity index (χ3v) is 3.78. The highest BCUT2D eigenvalue weighted by molar-refractivity contribution is 7.11. The van der Waals surface area contributed by atoms with E-state index in [4.69, 9.17) is 5.73 Å². The van der Waals surface area contributed by atoms with E-state index in [1.54, 1.807) is 0 Å². The zero-order chi connectivity index (χ0) is 12.1. The highest BCUT2D eigenvalue weighted by atomic mass is 32.1. The fraction of sp³-hybridized carbons (Fsp3) is 0.714. The first-order valence-electron chi connectivity index (χ1n) is 6.30. The average Bonchev–Trinajstić information content (AvgIpc) is 2.49. The minimum atomic E-state index is 0.324. The van der Waals surface area contributed by atoms with E-state index in [-0.39, 0.29) is 0 Å². The molecule has 0 saturated heterocycles. The molecule has 2 atom stereocenters. The Morgan fingerprint density at radius 1 is 1.06 bits per heavy atom. The first-order valence-corrected chi connectivity index (χ1v) is 7.12. The van der Waals surface area contributed by atoms with Gasteiger partial charge in [0.15, 0.2) is 0 Å². The molecule has 0 aliphatic heterocycles. The molecule has 0 fully saturated rings. The summed E-state index contributed by atoms with van der Waals surface area (Å²) < 4.78 is 0. The van der Waals surface area contributed by atoms with E-state index in [2.05, 4.69) is 39.8 Å². The topological polar surface area (TPSA) is 26.0 Å². The molecule has 0 aromatic carbocycles. The molecule has 92 valence electrons. The molecule has 0 radical (unpaired) electrons. The second kappa shape index (κ2) is 6.41. The van der Waals surface area contributed by atoms with Gasteiger partial charge in [-0.3, -0.25) is 0 Å². The van der Waals surface area contributed by atoms with Crippen molar-refractivity contribution in [1.29, 1.82) is 0 Å². The van der Waals surface area contributed by atoms with Crippen LogP contribution in [0.3, 0.4) is 0 Å². The normalized spacial score (nSPS) is 15.4. The SMILES string of the molecule is CC(C)Cc1ccc(CC(C)CC(C)N)s1. The molecule has 0 bridgehead atoms. The third kappa shape index (κ3) is 5.13. The van der Waals surface area contributed by atoms with E-state index in [0.717, 1.165) is 12.3 Å². The van der Waals surface area contributed by atoms with Crippen LogP contribution < -0.4 is 5.73 Å². The van der Waals surface area contributed by atoms with Gasteiger partial charge in [-0.25, -0.2) is 0 Å². The summed E-state index contributed by atoms with van der Waals surface area (Å²) in [7, 11) is 0. The van der Waals surface area contributed by atoms with E-state index < -0.39 is 0 Å². The molecule has 0 saturated carbocycles. The Morgan fingerprint density at radius 2 is 1.62 bits per heavy atom. The molecule has 2 heteroatoms. The van der Waals surface area contributed by atoms with Crippen LogP contribution in [-0.2, 0) is 12.8 Å². The van der Waals surface area contributed by atoms with Crippen molar-refractivity contribution in [3.63, 3.8) is 0 Å². The fourth-order valence-electron chi connectivity index (χ4n) is 2.11. The Kier molecular flexibility index (Phi) is 5.50. The van der Waals surface area contributed by atoms with Gasteiger partial charge in [0.2, 0.25) is 0 Å². The minimum Gasteiger partial charge on any atom is -0.328 e. The Labute approximate surface area is 104 Å². The molecule has 1 aromatic rings. The van der Waals surface area contributed by atoms with Crippen molar-refractivity contribution in [2.24, 2.45) is 17.6 Å². The lowest BCUT2D eigenvalue weighted by Gasteiger charge is -2.12. The maximum absolute atomic E-state index is 5.82. The maximum Gasteiger partial charge on any atom is 0.00508 e. The second-order valence-electron chi connectivity index (χ2n) is 5.49. The Balaban J connectivity index is 2.45. The third-order valence-electron chi connectivity index (χ3n) is 2.65. The van der Waals surface area contributed by atoms with Crippen LogP contribution >= 0.6 is 11.3 Å². The van der Waals surface area contributed by atoms with Crippen molar-refractivity contribution in [3.8, 4) is 0 Å². The van der Waals surface area contributed by atoms with Crippen LogP contribution in [0.5, 0.6) is 0 Å². The van der Waals surface area contributed by atoms with Crippen LogP contribution in [0.25, 0.3) is 0 Å². The minimum absolute atomic E-state index is 0.324.